The lowest BCUT2D eigenvalue weighted by Crippen LogP contribution is -2.13. The van der Waals surface area contributed by atoms with Crippen molar-refractivity contribution >= 4 is 5.97 Å². The molecule has 0 aliphatic carbocycles. The minimum Gasteiger partial charge on any atom is -0.455 e. The number of hydrogen-bond donors (Lipinski definition) is 0. The van der Waals surface area contributed by atoms with Gasteiger partial charge in [-0.05, 0) is 53.5 Å². The molecule has 1 unspecified atom stereocenters. The van der Waals surface area contributed by atoms with Gasteiger partial charge in [0.05, 0.1) is 0 Å². The monoisotopic (exact) mass is 236 g/mol. The van der Waals surface area contributed by atoms with E-state index in [0.29, 0.717) is 5.57 Å². The molecule has 0 spiro atoms. The molecule has 1 atom stereocenters. The molecule has 0 aromatic rings. The number of allylic oxidation sites excluding steroid dienone is 3. The molecule has 0 saturated heterocycles. The van der Waals surface area contributed by atoms with Gasteiger partial charge < -0.3 is 4.74 Å². The van der Waals surface area contributed by atoms with Crippen LogP contribution in [0.1, 0.15) is 47.5 Å². The van der Waals surface area contributed by atoms with E-state index in [4.69, 9.17) is 4.74 Å². The maximum atomic E-state index is 11.3. The number of hydrogen-bond acceptors (Lipinski definition) is 2. The van der Waals surface area contributed by atoms with E-state index in [1.807, 2.05) is 13.0 Å². The normalized spacial score (nSPS) is 12.9. The minimum absolute atomic E-state index is 0.189. The zero-order valence-corrected chi connectivity index (χ0v) is 11.7. The maximum Gasteiger partial charge on any atom is 0.333 e. The summed E-state index contributed by atoms with van der Waals surface area (Å²) in [6, 6.07) is 0. The van der Waals surface area contributed by atoms with Crippen LogP contribution in [-0.4, -0.2) is 12.1 Å². The summed E-state index contributed by atoms with van der Waals surface area (Å²) >= 11 is 0. The number of esters is 1. The molecule has 0 rings (SSSR count). The highest BCUT2D eigenvalue weighted by atomic mass is 16.5. The third-order valence-corrected chi connectivity index (χ3v) is 2.25. The molecule has 0 radical (unpaired) electrons. The summed E-state index contributed by atoms with van der Waals surface area (Å²) in [5.74, 6) is -0.328. The van der Waals surface area contributed by atoms with Crippen LogP contribution in [0.15, 0.2) is 35.5 Å². The smallest absolute Gasteiger partial charge is 0.333 e. The summed E-state index contributed by atoms with van der Waals surface area (Å²) in [7, 11) is 0. The lowest BCUT2D eigenvalue weighted by Gasteiger charge is -2.10. The maximum absolute atomic E-state index is 11.3. The van der Waals surface area contributed by atoms with Crippen LogP contribution in [0.4, 0.5) is 0 Å². The molecular weight excluding hydrogens is 212 g/mol. The summed E-state index contributed by atoms with van der Waals surface area (Å²) in [6.45, 7) is 13.3. The van der Waals surface area contributed by atoms with Crippen molar-refractivity contribution in [2.75, 3.05) is 0 Å². The summed E-state index contributed by atoms with van der Waals surface area (Å²) in [5, 5.41) is 0. The van der Waals surface area contributed by atoms with Crippen LogP contribution in [0.25, 0.3) is 0 Å². The predicted molar refractivity (Wildman–Crippen MR) is 72.8 cm³/mol. The summed E-state index contributed by atoms with van der Waals surface area (Å²) in [4.78, 5) is 11.3. The van der Waals surface area contributed by atoms with Crippen molar-refractivity contribution < 1.29 is 9.53 Å². The van der Waals surface area contributed by atoms with Gasteiger partial charge >= 0.3 is 5.97 Å². The molecule has 0 heterocycles. The van der Waals surface area contributed by atoms with Gasteiger partial charge in [-0.2, -0.15) is 0 Å². The second kappa shape index (κ2) is 7.88. The van der Waals surface area contributed by atoms with Gasteiger partial charge in [0.1, 0.15) is 6.10 Å². The molecule has 2 heteroatoms. The van der Waals surface area contributed by atoms with Crippen LogP contribution in [-0.2, 0) is 9.53 Å². The lowest BCUT2D eigenvalue weighted by atomic mass is 10.1. The highest BCUT2D eigenvalue weighted by Gasteiger charge is 2.07. The quantitative estimate of drug-likeness (QED) is 0.393. The van der Waals surface area contributed by atoms with Gasteiger partial charge in [-0.25, -0.2) is 4.79 Å². The van der Waals surface area contributed by atoms with Crippen molar-refractivity contribution in [1.29, 1.82) is 0 Å². The highest BCUT2D eigenvalue weighted by Crippen LogP contribution is 2.09. The standard InChI is InChI=1S/C15H24O2/c1-11(2)8-7-9-13(5)10-14(6)17-15(16)12(3)4/h8,10,14H,3,7,9H2,1-2,4-6H3/b13-10+. The number of carbonyl (C=O) groups excluding carboxylic acids is 1. The van der Waals surface area contributed by atoms with Crippen LogP contribution < -0.4 is 0 Å². The van der Waals surface area contributed by atoms with Crippen molar-refractivity contribution in [1.82, 2.24) is 0 Å². The van der Waals surface area contributed by atoms with Gasteiger partial charge in [0.25, 0.3) is 0 Å². The van der Waals surface area contributed by atoms with E-state index in [-0.39, 0.29) is 12.1 Å². The molecule has 96 valence electrons. The predicted octanol–water partition coefficient (Wildman–Crippen LogP) is 4.19. The average Bonchev–Trinajstić information content (AvgIpc) is 2.16. The zero-order chi connectivity index (χ0) is 13.4. The third kappa shape index (κ3) is 8.49. The van der Waals surface area contributed by atoms with Crippen LogP contribution in [0.3, 0.4) is 0 Å². The average molecular weight is 236 g/mol. The van der Waals surface area contributed by atoms with Crippen LogP contribution >= 0.6 is 0 Å². The van der Waals surface area contributed by atoms with Crippen molar-refractivity contribution in [3.8, 4) is 0 Å². The molecule has 2 nitrogen and oxygen atoms in total. The molecule has 0 bridgehead atoms. The first-order valence-corrected chi connectivity index (χ1v) is 6.00. The summed E-state index contributed by atoms with van der Waals surface area (Å²) < 4.78 is 5.18. The Bertz CT molecular complexity index is 331. The first-order valence-electron chi connectivity index (χ1n) is 6.00. The molecule has 0 fully saturated rings. The highest BCUT2D eigenvalue weighted by molar-refractivity contribution is 5.87. The number of ether oxygens (including phenoxy) is 1. The Labute approximate surface area is 105 Å². The van der Waals surface area contributed by atoms with E-state index in [9.17, 15) is 4.79 Å². The molecule has 0 aliphatic rings. The second-order valence-electron chi connectivity index (χ2n) is 4.72. The van der Waals surface area contributed by atoms with Gasteiger partial charge in [-0.15, -0.1) is 0 Å². The Morgan fingerprint density at radius 3 is 2.35 bits per heavy atom. The zero-order valence-electron chi connectivity index (χ0n) is 11.7. The van der Waals surface area contributed by atoms with Gasteiger partial charge in [0.15, 0.2) is 0 Å². The fourth-order valence-electron chi connectivity index (χ4n) is 1.38. The molecule has 0 aromatic carbocycles. The van der Waals surface area contributed by atoms with E-state index < -0.39 is 0 Å². The first-order chi connectivity index (χ1) is 7.82. The Morgan fingerprint density at radius 1 is 1.29 bits per heavy atom. The van der Waals surface area contributed by atoms with E-state index in [0.717, 1.165) is 12.8 Å². The Hall–Kier alpha value is -1.31. The SMILES string of the molecule is C=C(C)C(=O)OC(C)/C=C(\C)CCC=C(C)C. The van der Waals surface area contributed by atoms with Crippen molar-refractivity contribution in [2.45, 2.75) is 53.6 Å². The molecule has 0 aliphatic heterocycles. The summed E-state index contributed by atoms with van der Waals surface area (Å²) in [6.07, 6.45) is 6.04. The van der Waals surface area contributed by atoms with Gasteiger partial charge in [0.2, 0.25) is 0 Å². The van der Waals surface area contributed by atoms with Crippen LogP contribution in [0, 0.1) is 0 Å². The molecule has 17 heavy (non-hydrogen) atoms. The fourth-order valence-corrected chi connectivity index (χ4v) is 1.38. The van der Waals surface area contributed by atoms with Crippen LogP contribution in [0.5, 0.6) is 0 Å². The van der Waals surface area contributed by atoms with Gasteiger partial charge in [-0.3, -0.25) is 0 Å². The fraction of sp³-hybridized carbons (Fsp3) is 0.533. The van der Waals surface area contributed by atoms with Crippen molar-refractivity contribution in [2.24, 2.45) is 0 Å². The van der Waals surface area contributed by atoms with E-state index in [2.05, 4.69) is 33.4 Å². The lowest BCUT2D eigenvalue weighted by molar-refractivity contribution is -0.141. The molecule has 0 N–H and O–H groups in total. The Kier molecular flexibility index (Phi) is 7.27. The minimum atomic E-state index is -0.328. The third-order valence-electron chi connectivity index (χ3n) is 2.25. The molecular formula is C15H24O2. The van der Waals surface area contributed by atoms with Crippen LogP contribution in [0.2, 0.25) is 0 Å². The Balaban J connectivity index is 4.15. The van der Waals surface area contributed by atoms with E-state index >= 15 is 0 Å². The van der Waals surface area contributed by atoms with E-state index in [1.165, 1.54) is 11.1 Å². The molecule has 0 aromatic heterocycles. The topological polar surface area (TPSA) is 26.3 Å². The number of carbonyl (C=O) groups is 1. The van der Waals surface area contributed by atoms with E-state index in [1.54, 1.807) is 6.92 Å². The summed E-state index contributed by atoms with van der Waals surface area (Å²) in [5.41, 5.74) is 3.01. The first kappa shape index (κ1) is 15.7. The van der Waals surface area contributed by atoms with Crippen molar-refractivity contribution in [3.05, 3.63) is 35.5 Å². The largest absolute Gasteiger partial charge is 0.455 e. The second-order valence-corrected chi connectivity index (χ2v) is 4.72. The van der Waals surface area contributed by atoms with Gasteiger partial charge in [0, 0.05) is 5.57 Å². The number of rotatable bonds is 6. The van der Waals surface area contributed by atoms with Gasteiger partial charge in [-0.1, -0.05) is 23.8 Å². The molecule has 0 saturated carbocycles. The van der Waals surface area contributed by atoms with Crippen molar-refractivity contribution in [3.63, 3.8) is 0 Å². The molecule has 0 amide bonds. The Morgan fingerprint density at radius 2 is 1.88 bits per heavy atom.